The average molecular weight is 359 g/mol. The highest BCUT2D eigenvalue weighted by molar-refractivity contribution is 5.84. The number of amides is 3. The highest BCUT2D eigenvalue weighted by Gasteiger charge is 2.33. The minimum Gasteiger partial charge on any atom is -0.497 e. The fourth-order valence-electron chi connectivity index (χ4n) is 3.61. The Hall–Kier alpha value is -2.50. The van der Waals surface area contributed by atoms with Gasteiger partial charge in [-0.05, 0) is 37.5 Å². The van der Waals surface area contributed by atoms with E-state index in [1.165, 1.54) is 16.8 Å². The third kappa shape index (κ3) is 4.56. The van der Waals surface area contributed by atoms with Crippen LogP contribution < -0.4 is 15.4 Å². The van der Waals surface area contributed by atoms with E-state index in [4.69, 9.17) is 4.74 Å². The predicted octanol–water partition coefficient (Wildman–Crippen LogP) is 3.28. The van der Waals surface area contributed by atoms with E-state index in [0.717, 1.165) is 31.6 Å². The molecule has 0 bridgehead atoms. The summed E-state index contributed by atoms with van der Waals surface area (Å²) in [5, 5.41) is 5.13. The van der Waals surface area contributed by atoms with Crippen LogP contribution in [0.3, 0.4) is 0 Å². The van der Waals surface area contributed by atoms with Crippen molar-refractivity contribution in [3.8, 4) is 5.75 Å². The van der Waals surface area contributed by atoms with Crippen molar-refractivity contribution in [2.45, 2.75) is 52.1 Å². The highest BCUT2D eigenvalue weighted by atomic mass is 16.5. The summed E-state index contributed by atoms with van der Waals surface area (Å²) in [4.78, 5) is 24.8. The summed E-state index contributed by atoms with van der Waals surface area (Å²) >= 11 is 0. The molecule has 26 heavy (non-hydrogen) atoms. The van der Waals surface area contributed by atoms with Crippen LogP contribution in [0.2, 0.25) is 0 Å². The van der Waals surface area contributed by atoms with Crippen LogP contribution in [-0.2, 0) is 11.3 Å². The molecule has 1 heterocycles. The van der Waals surface area contributed by atoms with Crippen molar-refractivity contribution in [2.24, 2.45) is 0 Å². The topological polar surface area (TPSA) is 70.7 Å². The van der Waals surface area contributed by atoms with E-state index in [-0.39, 0.29) is 0 Å². The summed E-state index contributed by atoms with van der Waals surface area (Å²) in [7, 11) is 1.67. The van der Waals surface area contributed by atoms with Gasteiger partial charge in [0.1, 0.15) is 5.75 Å². The largest absolute Gasteiger partial charge is 0.497 e. The number of nitrogens with zero attached hydrogens (tertiary/aromatic N) is 1. The van der Waals surface area contributed by atoms with Crippen molar-refractivity contribution >= 4 is 18.1 Å². The Morgan fingerprint density at radius 3 is 2.77 bits per heavy atom. The number of ether oxygens (including phenoxy) is 1. The van der Waals surface area contributed by atoms with Crippen LogP contribution in [0.25, 0.3) is 5.70 Å². The van der Waals surface area contributed by atoms with E-state index in [1.807, 2.05) is 13.0 Å². The Balaban J connectivity index is 2.26. The van der Waals surface area contributed by atoms with Crippen LogP contribution in [0.5, 0.6) is 5.75 Å². The van der Waals surface area contributed by atoms with Gasteiger partial charge in [0.15, 0.2) is 0 Å². The molecule has 3 amide bonds. The van der Waals surface area contributed by atoms with Crippen molar-refractivity contribution in [2.75, 3.05) is 13.7 Å². The van der Waals surface area contributed by atoms with Gasteiger partial charge in [0, 0.05) is 24.4 Å². The van der Waals surface area contributed by atoms with Gasteiger partial charge in [-0.25, -0.2) is 4.79 Å². The zero-order chi connectivity index (χ0) is 19.2. The number of imide groups is 1. The molecule has 2 N–H and O–H groups in total. The van der Waals surface area contributed by atoms with Crippen LogP contribution in [0.1, 0.15) is 51.2 Å². The van der Waals surface area contributed by atoms with Gasteiger partial charge < -0.3 is 15.0 Å². The maximum Gasteiger partial charge on any atom is 0.321 e. The number of hydrogen-bond donors (Lipinski definition) is 2. The number of benzene rings is 1. The molecule has 0 saturated carbocycles. The number of nitrogens with one attached hydrogen (secondary N) is 2. The van der Waals surface area contributed by atoms with Crippen LogP contribution in [-0.4, -0.2) is 36.5 Å². The second kappa shape index (κ2) is 8.74. The first-order valence-electron chi connectivity index (χ1n) is 9.11. The van der Waals surface area contributed by atoms with E-state index in [1.54, 1.807) is 7.11 Å². The minimum absolute atomic E-state index is 0.405. The summed E-state index contributed by atoms with van der Waals surface area (Å²) < 4.78 is 5.38. The molecule has 1 aromatic carbocycles. The maximum absolute atomic E-state index is 11.9. The molecule has 2 rings (SSSR count). The second-order valence-electron chi connectivity index (χ2n) is 6.90. The monoisotopic (exact) mass is 359 g/mol. The molecule has 6 nitrogen and oxygen atoms in total. The van der Waals surface area contributed by atoms with Gasteiger partial charge >= 0.3 is 6.03 Å². The summed E-state index contributed by atoms with van der Waals surface area (Å²) in [5.74, 6) is 0.840. The molecule has 0 aliphatic carbocycles. The van der Waals surface area contributed by atoms with Crippen molar-refractivity contribution < 1.29 is 14.3 Å². The molecule has 0 saturated heterocycles. The number of rotatable bonds is 8. The lowest BCUT2D eigenvalue weighted by molar-refractivity contribution is -0.108. The summed E-state index contributed by atoms with van der Waals surface area (Å²) in [6, 6.07) is 5.68. The Labute approximate surface area is 155 Å². The van der Waals surface area contributed by atoms with E-state index >= 15 is 0 Å². The average Bonchev–Trinajstić information content (AvgIpc) is 2.91. The summed E-state index contributed by atoms with van der Waals surface area (Å²) in [6.45, 7) is 7.68. The number of allylic oxidation sites excluding steroid dienone is 1. The first-order chi connectivity index (χ1) is 12.5. The molecular weight excluding hydrogens is 330 g/mol. The minimum atomic E-state index is -0.463. The van der Waals surface area contributed by atoms with Gasteiger partial charge in [0.25, 0.3) is 0 Å². The molecule has 1 aliphatic rings. The third-order valence-corrected chi connectivity index (χ3v) is 4.64. The molecule has 0 fully saturated rings. The quantitative estimate of drug-likeness (QED) is 0.699. The van der Waals surface area contributed by atoms with Gasteiger partial charge in [-0.1, -0.05) is 32.4 Å². The predicted molar refractivity (Wildman–Crippen MR) is 103 cm³/mol. The lowest BCUT2D eigenvalue weighted by Crippen LogP contribution is -2.55. The number of carbonyl (C=O) groups excluding carboxylic acids is 2. The smallest absolute Gasteiger partial charge is 0.321 e. The van der Waals surface area contributed by atoms with Crippen molar-refractivity contribution in [1.82, 2.24) is 15.5 Å². The molecule has 1 atom stereocenters. The lowest BCUT2D eigenvalue weighted by atomic mass is 9.95. The standard InChI is InChI=1S/C20H29N3O3/c1-5-7-18-17-11-16(26-4)9-8-15(17)12-23(18)13-20(3,10-6-2)22-19(25)21-14-24/h7-9,11,14H,5-6,10,12-13H2,1-4H3,(H2,21,22,24,25)/b18-7-/t20-/m1/s1. The van der Waals surface area contributed by atoms with E-state index in [0.29, 0.717) is 13.0 Å². The Kier molecular flexibility index (Phi) is 6.66. The van der Waals surface area contributed by atoms with Crippen molar-refractivity contribution in [3.05, 3.63) is 35.4 Å². The number of hydrogen-bond acceptors (Lipinski definition) is 4. The molecule has 142 valence electrons. The van der Waals surface area contributed by atoms with E-state index < -0.39 is 11.6 Å². The number of carbonyl (C=O) groups is 2. The van der Waals surface area contributed by atoms with Crippen LogP contribution in [0.15, 0.2) is 24.3 Å². The van der Waals surface area contributed by atoms with Crippen molar-refractivity contribution in [3.63, 3.8) is 0 Å². The molecule has 1 aliphatic heterocycles. The van der Waals surface area contributed by atoms with Gasteiger partial charge in [0.2, 0.25) is 6.41 Å². The fourth-order valence-corrected chi connectivity index (χ4v) is 3.61. The van der Waals surface area contributed by atoms with E-state index in [2.05, 4.69) is 47.6 Å². The van der Waals surface area contributed by atoms with Crippen molar-refractivity contribution in [1.29, 1.82) is 0 Å². The number of fused-ring (bicyclic) bond motifs is 1. The van der Waals surface area contributed by atoms with Gasteiger partial charge in [0.05, 0.1) is 12.6 Å². The lowest BCUT2D eigenvalue weighted by Gasteiger charge is -2.36. The van der Waals surface area contributed by atoms with Crippen LogP contribution in [0.4, 0.5) is 4.79 Å². The Bertz CT molecular complexity index is 687. The zero-order valence-corrected chi connectivity index (χ0v) is 16.1. The van der Waals surface area contributed by atoms with E-state index in [9.17, 15) is 9.59 Å². The summed E-state index contributed by atoms with van der Waals surface area (Å²) in [5.41, 5.74) is 3.16. The first-order valence-corrected chi connectivity index (χ1v) is 9.11. The second-order valence-corrected chi connectivity index (χ2v) is 6.90. The van der Waals surface area contributed by atoms with Gasteiger partial charge in [-0.2, -0.15) is 0 Å². The van der Waals surface area contributed by atoms with Gasteiger partial charge in [-0.15, -0.1) is 0 Å². The maximum atomic E-state index is 11.9. The molecule has 0 spiro atoms. The Morgan fingerprint density at radius 1 is 1.38 bits per heavy atom. The molecule has 1 aromatic rings. The normalized spacial score (nSPS) is 16.8. The molecule has 6 heteroatoms. The third-order valence-electron chi connectivity index (χ3n) is 4.64. The SMILES string of the molecule is CC/C=C1/c2cc(OC)ccc2CN1C[C@@](C)(CCC)NC(=O)NC=O. The van der Waals surface area contributed by atoms with Crippen LogP contribution in [0, 0.1) is 0 Å². The molecule has 0 radical (unpaired) electrons. The number of methoxy groups -OCH3 is 1. The van der Waals surface area contributed by atoms with Gasteiger partial charge in [-0.3, -0.25) is 10.1 Å². The first kappa shape index (κ1) is 19.8. The number of urea groups is 1. The zero-order valence-electron chi connectivity index (χ0n) is 16.1. The molecular formula is C20H29N3O3. The molecule has 0 aromatic heterocycles. The highest BCUT2D eigenvalue weighted by Crippen LogP contribution is 2.36. The molecule has 0 unspecified atom stereocenters. The Morgan fingerprint density at radius 2 is 2.15 bits per heavy atom. The summed E-state index contributed by atoms with van der Waals surface area (Å²) in [6.07, 6.45) is 5.28. The fraction of sp³-hybridized carbons (Fsp3) is 0.500. The van der Waals surface area contributed by atoms with Crippen LogP contribution >= 0.6 is 0 Å².